The zero-order valence-corrected chi connectivity index (χ0v) is 12.5. The minimum atomic E-state index is 0.407. The van der Waals surface area contributed by atoms with E-state index in [0.717, 1.165) is 24.0 Å². The molecular weight excluding hydrogens is 232 g/mol. The Hall–Kier alpha value is -0.980. The van der Waals surface area contributed by atoms with Crippen LogP contribution in [0.25, 0.3) is 0 Å². The Balaban J connectivity index is 1.85. The second kappa shape index (κ2) is 7.57. The SMILES string of the molecule is CCCC1CCC(C(CC)Oc2ccccc2)CC1. The Labute approximate surface area is 118 Å². The normalized spacial score (nSPS) is 24.9. The average Bonchev–Trinajstić information content (AvgIpc) is 2.47. The van der Waals surface area contributed by atoms with E-state index in [4.69, 9.17) is 4.74 Å². The van der Waals surface area contributed by atoms with Crippen molar-refractivity contribution >= 4 is 0 Å². The van der Waals surface area contributed by atoms with Gasteiger partial charge in [-0.25, -0.2) is 0 Å². The molecule has 1 atom stereocenters. The summed E-state index contributed by atoms with van der Waals surface area (Å²) in [5.41, 5.74) is 0. The van der Waals surface area contributed by atoms with Gasteiger partial charge in [-0.2, -0.15) is 0 Å². The third-order valence-corrected chi connectivity index (χ3v) is 4.55. The molecule has 0 bridgehead atoms. The van der Waals surface area contributed by atoms with E-state index >= 15 is 0 Å². The van der Waals surface area contributed by atoms with Crippen LogP contribution in [-0.2, 0) is 0 Å². The minimum absolute atomic E-state index is 0.407. The third-order valence-electron chi connectivity index (χ3n) is 4.55. The van der Waals surface area contributed by atoms with Gasteiger partial charge in [0.05, 0.1) is 0 Å². The molecule has 1 unspecified atom stereocenters. The second-order valence-electron chi connectivity index (χ2n) is 5.95. The predicted molar refractivity (Wildman–Crippen MR) is 81.5 cm³/mol. The Bertz CT molecular complexity index is 338. The monoisotopic (exact) mass is 260 g/mol. The zero-order valence-electron chi connectivity index (χ0n) is 12.5. The van der Waals surface area contributed by atoms with Gasteiger partial charge in [-0.15, -0.1) is 0 Å². The largest absolute Gasteiger partial charge is 0.490 e. The van der Waals surface area contributed by atoms with Crippen molar-refractivity contribution < 1.29 is 4.74 Å². The fraction of sp³-hybridized carbons (Fsp3) is 0.667. The quantitative estimate of drug-likeness (QED) is 0.660. The molecule has 19 heavy (non-hydrogen) atoms. The number of hydrogen-bond donors (Lipinski definition) is 0. The van der Waals surface area contributed by atoms with Crippen molar-refractivity contribution in [1.29, 1.82) is 0 Å². The van der Waals surface area contributed by atoms with Crippen LogP contribution in [0, 0.1) is 11.8 Å². The first-order valence-electron chi connectivity index (χ1n) is 8.05. The van der Waals surface area contributed by atoms with E-state index in [0.29, 0.717) is 6.10 Å². The highest BCUT2D eigenvalue weighted by atomic mass is 16.5. The Morgan fingerprint density at radius 2 is 1.74 bits per heavy atom. The van der Waals surface area contributed by atoms with Crippen molar-refractivity contribution in [2.24, 2.45) is 11.8 Å². The van der Waals surface area contributed by atoms with Crippen LogP contribution in [0.2, 0.25) is 0 Å². The molecule has 0 saturated heterocycles. The molecule has 1 nitrogen and oxygen atoms in total. The van der Waals surface area contributed by atoms with Crippen LogP contribution in [0.15, 0.2) is 30.3 Å². The highest BCUT2D eigenvalue weighted by Crippen LogP contribution is 2.35. The van der Waals surface area contributed by atoms with E-state index in [-0.39, 0.29) is 0 Å². The topological polar surface area (TPSA) is 9.23 Å². The first-order valence-corrected chi connectivity index (χ1v) is 8.05. The molecule has 0 amide bonds. The van der Waals surface area contributed by atoms with Gasteiger partial charge in [-0.05, 0) is 43.2 Å². The lowest BCUT2D eigenvalue weighted by molar-refractivity contribution is 0.0898. The molecule has 1 aliphatic rings. The summed E-state index contributed by atoms with van der Waals surface area (Å²) in [5.74, 6) is 2.78. The Morgan fingerprint density at radius 3 is 2.32 bits per heavy atom. The maximum Gasteiger partial charge on any atom is 0.119 e. The van der Waals surface area contributed by atoms with E-state index in [1.54, 1.807) is 0 Å². The van der Waals surface area contributed by atoms with Gasteiger partial charge in [0.15, 0.2) is 0 Å². The summed E-state index contributed by atoms with van der Waals surface area (Å²) in [6.07, 6.45) is 9.82. The fourth-order valence-corrected chi connectivity index (χ4v) is 3.44. The first-order chi connectivity index (χ1) is 9.33. The Morgan fingerprint density at radius 1 is 1.05 bits per heavy atom. The van der Waals surface area contributed by atoms with Crippen molar-refractivity contribution in [3.63, 3.8) is 0 Å². The average molecular weight is 260 g/mol. The van der Waals surface area contributed by atoms with Crippen LogP contribution >= 0.6 is 0 Å². The van der Waals surface area contributed by atoms with Crippen LogP contribution in [0.4, 0.5) is 0 Å². The van der Waals surface area contributed by atoms with E-state index < -0.39 is 0 Å². The lowest BCUT2D eigenvalue weighted by Gasteiger charge is -2.33. The van der Waals surface area contributed by atoms with Gasteiger partial charge < -0.3 is 4.74 Å². The first kappa shape index (κ1) is 14.4. The van der Waals surface area contributed by atoms with Crippen LogP contribution in [-0.4, -0.2) is 6.10 Å². The number of para-hydroxylation sites is 1. The zero-order chi connectivity index (χ0) is 13.5. The van der Waals surface area contributed by atoms with Crippen LogP contribution in [0.1, 0.15) is 58.8 Å². The van der Waals surface area contributed by atoms with E-state index in [9.17, 15) is 0 Å². The molecule has 1 heteroatoms. The van der Waals surface area contributed by atoms with Crippen LogP contribution in [0.3, 0.4) is 0 Å². The Kier molecular flexibility index (Phi) is 5.75. The summed E-state index contributed by atoms with van der Waals surface area (Å²) in [7, 11) is 0. The van der Waals surface area contributed by atoms with Crippen molar-refractivity contribution in [3.05, 3.63) is 30.3 Å². The summed E-state index contributed by atoms with van der Waals surface area (Å²) >= 11 is 0. The number of ether oxygens (including phenoxy) is 1. The van der Waals surface area contributed by atoms with Gasteiger partial charge in [-0.1, -0.05) is 57.7 Å². The molecule has 0 aliphatic heterocycles. The van der Waals surface area contributed by atoms with Crippen molar-refractivity contribution in [2.45, 2.75) is 64.9 Å². The summed E-state index contributed by atoms with van der Waals surface area (Å²) in [4.78, 5) is 0. The van der Waals surface area contributed by atoms with Gasteiger partial charge >= 0.3 is 0 Å². The number of hydrogen-bond acceptors (Lipinski definition) is 1. The molecule has 0 N–H and O–H groups in total. The molecule has 0 radical (unpaired) electrons. The molecule has 1 saturated carbocycles. The molecule has 0 heterocycles. The smallest absolute Gasteiger partial charge is 0.119 e. The predicted octanol–water partition coefficient (Wildman–Crippen LogP) is 5.45. The maximum atomic E-state index is 6.20. The molecule has 0 aromatic heterocycles. The summed E-state index contributed by atoms with van der Waals surface area (Å²) < 4.78 is 6.20. The lowest BCUT2D eigenvalue weighted by atomic mass is 9.77. The summed E-state index contributed by atoms with van der Waals surface area (Å²) in [5, 5.41) is 0. The van der Waals surface area contributed by atoms with Gasteiger partial charge in [0, 0.05) is 0 Å². The van der Waals surface area contributed by atoms with Gasteiger partial charge in [0.2, 0.25) is 0 Å². The number of benzene rings is 1. The molecule has 1 fully saturated rings. The molecule has 1 aromatic rings. The second-order valence-corrected chi connectivity index (χ2v) is 5.95. The van der Waals surface area contributed by atoms with Gasteiger partial charge in [0.25, 0.3) is 0 Å². The van der Waals surface area contributed by atoms with Crippen molar-refractivity contribution in [1.82, 2.24) is 0 Å². The highest BCUT2D eigenvalue weighted by Gasteiger charge is 2.27. The summed E-state index contributed by atoms with van der Waals surface area (Å²) in [6, 6.07) is 10.3. The minimum Gasteiger partial charge on any atom is -0.490 e. The van der Waals surface area contributed by atoms with Crippen LogP contribution in [0.5, 0.6) is 5.75 Å². The molecule has 1 aliphatic carbocycles. The highest BCUT2D eigenvalue weighted by molar-refractivity contribution is 5.21. The molecule has 0 spiro atoms. The molecule has 2 rings (SSSR count). The third kappa shape index (κ3) is 4.26. The fourth-order valence-electron chi connectivity index (χ4n) is 3.44. The molecular formula is C18H28O. The van der Waals surface area contributed by atoms with Crippen molar-refractivity contribution in [2.75, 3.05) is 0 Å². The van der Waals surface area contributed by atoms with E-state index in [1.165, 1.54) is 38.5 Å². The van der Waals surface area contributed by atoms with Crippen molar-refractivity contribution in [3.8, 4) is 5.75 Å². The van der Waals surface area contributed by atoms with E-state index in [2.05, 4.69) is 38.1 Å². The standard InChI is InChI=1S/C18H28O/c1-3-8-15-11-13-16(14-12-15)18(4-2)19-17-9-6-5-7-10-17/h5-7,9-10,15-16,18H,3-4,8,11-14H2,1-2H3. The summed E-state index contributed by atoms with van der Waals surface area (Å²) in [6.45, 7) is 4.56. The lowest BCUT2D eigenvalue weighted by Crippen LogP contribution is -2.30. The van der Waals surface area contributed by atoms with Gasteiger partial charge in [0.1, 0.15) is 11.9 Å². The van der Waals surface area contributed by atoms with Crippen LogP contribution < -0.4 is 4.74 Å². The molecule has 1 aromatic carbocycles. The maximum absolute atomic E-state index is 6.20. The number of rotatable bonds is 6. The van der Waals surface area contributed by atoms with E-state index in [1.807, 2.05) is 6.07 Å². The molecule has 106 valence electrons. The van der Waals surface area contributed by atoms with Gasteiger partial charge in [-0.3, -0.25) is 0 Å².